The lowest BCUT2D eigenvalue weighted by Gasteiger charge is -2.58. The van der Waals surface area contributed by atoms with E-state index >= 15 is 0 Å². The van der Waals surface area contributed by atoms with E-state index in [-0.39, 0.29) is 34.7 Å². The van der Waals surface area contributed by atoms with Crippen LogP contribution in [0.3, 0.4) is 0 Å². The Morgan fingerprint density at radius 2 is 1.86 bits per heavy atom. The van der Waals surface area contributed by atoms with Crippen molar-refractivity contribution in [2.45, 2.75) is 85.4 Å². The maximum atomic E-state index is 12.9. The van der Waals surface area contributed by atoms with Gasteiger partial charge < -0.3 is 9.84 Å². The first-order valence-electron chi connectivity index (χ1n) is 11.6. The SMILES string of the molecule is CC(C)(C)C(=O)O[C@H]1CC[C@@]2(C)C(=C[C@H](O)C3[C@H]2CC[C@]2(C)C(=O)[C@H]4C[C@H]4[C@H]32)C1. The van der Waals surface area contributed by atoms with Gasteiger partial charge in [-0.05, 0) is 82.0 Å². The Kier molecular flexibility index (Phi) is 4.07. The van der Waals surface area contributed by atoms with Gasteiger partial charge in [0.05, 0.1) is 11.5 Å². The zero-order chi connectivity index (χ0) is 20.9. The molecule has 4 saturated carbocycles. The highest BCUT2D eigenvalue weighted by atomic mass is 16.5. The van der Waals surface area contributed by atoms with Crippen molar-refractivity contribution in [3.8, 4) is 0 Å². The highest BCUT2D eigenvalue weighted by Crippen LogP contribution is 2.71. The number of Topliss-reactive ketones (excluding diaryl/α,β-unsaturated/α-hetero) is 1. The Morgan fingerprint density at radius 3 is 2.55 bits per heavy atom. The summed E-state index contributed by atoms with van der Waals surface area (Å²) in [6.07, 6.45) is 7.21. The van der Waals surface area contributed by atoms with Crippen molar-refractivity contribution in [1.29, 1.82) is 0 Å². The molecule has 0 saturated heterocycles. The first-order valence-corrected chi connectivity index (χ1v) is 11.6. The number of carbonyl (C=O) groups excluding carboxylic acids is 2. The normalized spacial score (nSPS) is 50.6. The molecule has 4 fully saturated rings. The molecule has 0 aromatic carbocycles. The van der Waals surface area contributed by atoms with Crippen LogP contribution in [0.15, 0.2) is 11.6 Å². The summed E-state index contributed by atoms with van der Waals surface area (Å²) in [6.45, 7) is 10.2. The fourth-order valence-electron chi connectivity index (χ4n) is 7.69. The van der Waals surface area contributed by atoms with Crippen LogP contribution >= 0.6 is 0 Å². The quantitative estimate of drug-likeness (QED) is 0.526. The van der Waals surface area contributed by atoms with Gasteiger partial charge in [-0.2, -0.15) is 0 Å². The summed E-state index contributed by atoms with van der Waals surface area (Å²) in [7, 11) is 0. The number of aliphatic hydroxyl groups excluding tert-OH is 1. The number of esters is 1. The van der Waals surface area contributed by atoms with Crippen molar-refractivity contribution >= 4 is 11.8 Å². The fraction of sp³-hybridized carbons (Fsp3) is 0.840. The maximum absolute atomic E-state index is 12.9. The summed E-state index contributed by atoms with van der Waals surface area (Å²) in [5.41, 5.74) is 0.642. The smallest absolute Gasteiger partial charge is 0.311 e. The number of carbonyl (C=O) groups is 2. The molecule has 0 radical (unpaired) electrons. The Bertz CT molecular complexity index is 791. The molecule has 1 unspecified atom stereocenters. The molecule has 9 atom stereocenters. The Labute approximate surface area is 174 Å². The van der Waals surface area contributed by atoms with Gasteiger partial charge >= 0.3 is 5.97 Å². The molecule has 160 valence electrons. The molecule has 4 nitrogen and oxygen atoms in total. The van der Waals surface area contributed by atoms with E-state index in [2.05, 4.69) is 19.9 Å². The van der Waals surface area contributed by atoms with E-state index in [1.807, 2.05) is 20.8 Å². The van der Waals surface area contributed by atoms with Crippen LogP contribution in [0.4, 0.5) is 0 Å². The predicted octanol–water partition coefficient (Wildman–Crippen LogP) is 4.30. The van der Waals surface area contributed by atoms with Gasteiger partial charge in [0, 0.05) is 17.8 Å². The summed E-state index contributed by atoms with van der Waals surface area (Å²) in [4.78, 5) is 25.3. The van der Waals surface area contributed by atoms with Crippen LogP contribution in [0.1, 0.15) is 73.1 Å². The molecule has 5 aliphatic rings. The van der Waals surface area contributed by atoms with E-state index in [0.29, 0.717) is 23.5 Å². The number of hydrogen-bond donors (Lipinski definition) is 1. The molecule has 4 heteroatoms. The van der Waals surface area contributed by atoms with Gasteiger partial charge in [0.1, 0.15) is 11.9 Å². The number of fused-ring (bicyclic) bond motifs is 7. The van der Waals surface area contributed by atoms with E-state index in [4.69, 9.17) is 4.74 Å². The Balaban J connectivity index is 1.42. The average Bonchev–Trinajstić information content (AvgIpc) is 3.37. The molecule has 5 aliphatic carbocycles. The third-order valence-electron chi connectivity index (χ3n) is 9.43. The minimum atomic E-state index is -0.490. The molecule has 0 aromatic heterocycles. The number of rotatable bonds is 1. The molecule has 0 aliphatic heterocycles. The minimum absolute atomic E-state index is 0.0614. The maximum Gasteiger partial charge on any atom is 0.311 e. The number of ether oxygens (including phenoxy) is 1. The lowest BCUT2D eigenvalue weighted by molar-refractivity contribution is -0.161. The summed E-state index contributed by atoms with van der Waals surface area (Å²) in [5.74, 6) is 2.12. The molecule has 5 rings (SSSR count). The van der Waals surface area contributed by atoms with E-state index in [1.165, 1.54) is 5.57 Å². The molecule has 0 heterocycles. The number of ketones is 1. The number of hydrogen-bond acceptors (Lipinski definition) is 4. The molecular weight excluding hydrogens is 364 g/mol. The van der Waals surface area contributed by atoms with E-state index < -0.39 is 11.5 Å². The second-order valence-corrected chi connectivity index (χ2v) is 12.2. The van der Waals surface area contributed by atoms with Crippen molar-refractivity contribution in [3.05, 3.63) is 11.6 Å². The van der Waals surface area contributed by atoms with Crippen LogP contribution in [-0.2, 0) is 14.3 Å². The number of aliphatic hydroxyl groups is 1. The molecule has 1 N–H and O–H groups in total. The molecule has 0 spiro atoms. The fourth-order valence-corrected chi connectivity index (χ4v) is 7.69. The van der Waals surface area contributed by atoms with E-state index in [9.17, 15) is 14.7 Å². The summed E-state index contributed by atoms with van der Waals surface area (Å²) in [6, 6.07) is 0. The molecule has 0 aromatic rings. The summed E-state index contributed by atoms with van der Waals surface area (Å²) in [5, 5.41) is 11.2. The predicted molar refractivity (Wildman–Crippen MR) is 110 cm³/mol. The molecule has 29 heavy (non-hydrogen) atoms. The van der Waals surface area contributed by atoms with Crippen LogP contribution < -0.4 is 0 Å². The Morgan fingerprint density at radius 1 is 1.17 bits per heavy atom. The van der Waals surface area contributed by atoms with Crippen molar-refractivity contribution in [1.82, 2.24) is 0 Å². The van der Waals surface area contributed by atoms with Crippen LogP contribution in [-0.4, -0.2) is 29.1 Å². The van der Waals surface area contributed by atoms with Crippen molar-refractivity contribution in [3.63, 3.8) is 0 Å². The van der Waals surface area contributed by atoms with Gasteiger partial charge in [0.15, 0.2) is 0 Å². The van der Waals surface area contributed by atoms with Crippen molar-refractivity contribution in [2.24, 2.45) is 45.8 Å². The first-order chi connectivity index (χ1) is 13.5. The third-order valence-corrected chi connectivity index (χ3v) is 9.43. The molecular formula is C25H36O4. The highest BCUT2D eigenvalue weighted by molar-refractivity contribution is 5.92. The van der Waals surface area contributed by atoms with E-state index in [0.717, 1.165) is 38.5 Å². The highest BCUT2D eigenvalue weighted by Gasteiger charge is 2.71. The average molecular weight is 401 g/mol. The van der Waals surface area contributed by atoms with Gasteiger partial charge in [0.2, 0.25) is 0 Å². The summed E-state index contributed by atoms with van der Waals surface area (Å²) < 4.78 is 5.84. The third kappa shape index (κ3) is 2.66. The summed E-state index contributed by atoms with van der Waals surface area (Å²) >= 11 is 0. The second kappa shape index (κ2) is 5.96. The largest absolute Gasteiger partial charge is 0.462 e. The van der Waals surface area contributed by atoms with Gasteiger partial charge in [-0.1, -0.05) is 25.5 Å². The standard InChI is InChI=1S/C25H36O4/c1-23(2,3)22(28)29-14-6-8-24(4)13(10-14)11-18(26)19-17(24)7-9-25(5)20(19)15-12-16(15)21(25)27/h11,14-20,26H,6-10,12H2,1-5H3/t14-,15+,16-,17+,18-,19?,20+,24-,25-/m0/s1. The monoisotopic (exact) mass is 400 g/mol. The van der Waals surface area contributed by atoms with Gasteiger partial charge in [-0.15, -0.1) is 0 Å². The minimum Gasteiger partial charge on any atom is -0.462 e. The van der Waals surface area contributed by atoms with Gasteiger partial charge in [0.25, 0.3) is 0 Å². The topological polar surface area (TPSA) is 63.6 Å². The van der Waals surface area contributed by atoms with E-state index in [1.54, 1.807) is 0 Å². The van der Waals surface area contributed by atoms with Gasteiger partial charge in [-0.3, -0.25) is 9.59 Å². The lowest BCUT2D eigenvalue weighted by atomic mass is 9.46. The zero-order valence-electron chi connectivity index (χ0n) is 18.5. The lowest BCUT2D eigenvalue weighted by Crippen LogP contribution is -2.56. The van der Waals surface area contributed by atoms with Crippen LogP contribution in [0.5, 0.6) is 0 Å². The first kappa shape index (κ1) is 19.8. The zero-order valence-corrected chi connectivity index (χ0v) is 18.5. The van der Waals surface area contributed by atoms with Crippen molar-refractivity contribution in [2.75, 3.05) is 0 Å². The van der Waals surface area contributed by atoms with Gasteiger partial charge in [-0.25, -0.2) is 0 Å². The molecule has 0 bridgehead atoms. The van der Waals surface area contributed by atoms with Crippen molar-refractivity contribution < 1.29 is 19.4 Å². The van der Waals surface area contributed by atoms with Crippen LogP contribution in [0.2, 0.25) is 0 Å². The van der Waals surface area contributed by atoms with Crippen LogP contribution in [0, 0.1) is 45.8 Å². The Hall–Kier alpha value is -1.16. The van der Waals surface area contributed by atoms with Crippen LogP contribution in [0.25, 0.3) is 0 Å². The molecule has 0 amide bonds. The second-order valence-electron chi connectivity index (χ2n) is 12.2.